The quantitative estimate of drug-likeness (QED) is 0.136. The molecule has 5 aliphatic carbocycles. The third-order valence-corrected chi connectivity index (χ3v) is 17.5. The minimum Gasteiger partial charge on any atom is -0.481 e. The van der Waals surface area contributed by atoms with Crippen molar-refractivity contribution in [2.45, 2.75) is 180 Å². The van der Waals surface area contributed by atoms with Gasteiger partial charge in [0.05, 0.1) is 11.5 Å². The van der Waals surface area contributed by atoms with E-state index < -0.39 is 96.3 Å². The van der Waals surface area contributed by atoms with Crippen LogP contribution in [0.2, 0.25) is 0 Å². The molecule has 7 rings (SSSR count). The molecule has 2 saturated heterocycles. The van der Waals surface area contributed by atoms with Crippen LogP contribution < -0.4 is 0 Å². The highest BCUT2D eigenvalue weighted by atomic mass is 16.8. The second kappa shape index (κ2) is 14.2. The van der Waals surface area contributed by atoms with Crippen molar-refractivity contribution in [2.75, 3.05) is 0 Å². The molecule has 15 heteroatoms. The van der Waals surface area contributed by atoms with Gasteiger partial charge in [-0.3, -0.25) is 4.79 Å². The number of hydrogen-bond acceptors (Lipinski definition) is 12. The summed E-state index contributed by atoms with van der Waals surface area (Å²) in [5.74, 6) is -3.24. The van der Waals surface area contributed by atoms with Gasteiger partial charge in [-0.05, 0) is 116 Å². The van der Waals surface area contributed by atoms with Gasteiger partial charge in [0.1, 0.15) is 36.6 Å². The number of allylic oxidation sites excluding steroid dienone is 2. The summed E-state index contributed by atoms with van der Waals surface area (Å²) in [5, 5.41) is 83.1. The number of aliphatic hydroxyl groups excluding tert-OH is 5. The number of fused-ring (bicyclic) bond motifs is 7. The minimum absolute atomic E-state index is 0.0440. The Bertz CT molecular complexity index is 1650. The summed E-state index contributed by atoms with van der Waals surface area (Å²) >= 11 is 0. The number of hydrogen-bond donors (Lipinski definition) is 8. The summed E-state index contributed by atoms with van der Waals surface area (Å²) in [7, 11) is 0. The van der Waals surface area contributed by atoms with Crippen LogP contribution in [0.15, 0.2) is 11.6 Å². The Morgan fingerprint density at radius 2 is 1.26 bits per heavy atom. The van der Waals surface area contributed by atoms with Crippen molar-refractivity contribution in [3.05, 3.63) is 11.6 Å². The molecular weight excluding hydrogens is 744 g/mol. The van der Waals surface area contributed by atoms with Crippen molar-refractivity contribution < 1.29 is 74.2 Å². The molecule has 0 bridgehead atoms. The van der Waals surface area contributed by atoms with Crippen molar-refractivity contribution in [1.82, 2.24) is 0 Å². The monoisotopic (exact) mass is 808 g/mol. The fourth-order valence-corrected chi connectivity index (χ4v) is 13.5. The van der Waals surface area contributed by atoms with Crippen LogP contribution in [-0.2, 0) is 33.3 Å². The Balaban J connectivity index is 1.15. The maximum Gasteiger partial charge on any atom is 0.335 e. The van der Waals surface area contributed by atoms with Gasteiger partial charge in [0.25, 0.3) is 0 Å². The third-order valence-electron chi connectivity index (χ3n) is 17.5. The zero-order chi connectivity index (χ0) is 42.0. The molecule has 0 aromatic heterocycles. The first kappa shape index (κ1) is 42.9. The van der Waals surface area contributed by atoms with Gasteiger partial charge in [-0.15, -0.1) is 0 Å². The lowest BCUT2D eigenvalue weighted by atomic mass is 9.33. The number of aliphatic carboxylic acids is 3. The maximum atomic E-state index is 12.5. The van der Waals surface area contributed by atoms with Gasteiger partial charge in [-0.1, -0.05) is 53.2 Å². The molecular formula is C42H64O15. The van der Waals surface area contributed by atoms with Crippen LogP contribution in [0.1, 0.15) is 113 Å². The van der Waals surface area contributed by atoms with Gasteiger partial charge in [-0.2, -0.15) is 0 Å². The lowest BCUT2D eigenvalue weighted by Crippen LogP contribution is -2.67. The number of carbonyl (C=O) groups is 3. The Morgan fingerprint density at radius 1 is 0.667 bits per heavy atom. The van der Waals surface area contributed by atoms with E-state index >= 15 is 0 Å². The molecule has 0 unspecified atom stereocenters. The number of aliphatic hydroxyl groups is 5. The first-order valence-electron chi connectivity index (χ1n) is 20.8. The van der Waals surface area contributed by atoms with Crippen LogP contribution in [0.3, 0.4) is 0 Å². The molecule has 4 saturated carbocycles. The molecule has 0 aromatic rings. The summed E-state index contributed by atoms with van der Waals surface area (Å²) in [5.41, 5.74) is -0.00709. The SMILES string of the molecule is CC1(C)[C@@H](O[C@H]2O[C@H](C(=O)O)[C@@H](O)[C@H](O)[C@H]2O[C@@H]2O[C@H](C(=O)O)[C@@H](O)[C@H](O)[C@H]2O)CC[C@@]2(C)[C@@H]1CC[C@]1(C)[C@@H]2CC=C2[C@@H]3C[C@@](C)(C(=O)O)CC[C@]3(C)CC[C@]21C. The van der Waals surface area contributed by atoms with E-state index in [1.54, 1.807) is 0 Å². The minimum atomic E-state index is -2.01. The first-order valence-corrected chi connectivity index (χ1v) is 20.8. The van der Waals surface area contributed by atoms with Crippen LogP contribution in [-0.4, -0.2) is 126 Å². The van der Waals surface area contributed by atoms with Crippen LogP contribution in [0, 0.1) is 50.2 Å². The average molecular weight is 809 g/mol. The van der Waals surface area contributed by atoms with E-state index in [2.05, 4.69) is 47.6 Å². The molecule has 0 spiro atoms. The van der Waals surface area contributed by atoms with Crippen molar-refractivity contribution >= 4 is 17.9 Å². The topological polar surface area (TPSA) is 250 Å². The van der Waals surface area contributed by atoms with Gasteiger partial charge < -0.3 is 59.8 Å². The molecule has 0 radical (unpaired) electrons. The number of carboxylic acids is 3. The van der Waals surface area contributed by atoms with Gasteiger partial charge in [0.15, 0.2) is 24.8 Å². The zero-order valence-corrected chi connectivity index (χ0v) is 34.2. The molecule has 8 N–H and O–H groups in total. The van der Waals surface area contributed by atoms with Crippen molar-refractivity contribution in [3.63, 3.8) is 0 Å². The van der Waals surface area contributed by atoms with Crippen LogP contribution >= 0.6 is 0 Å². The van der Waals surface area contributed by atoms with E-state index in [-0.39, 0.29) is 33.5 Å². The van der Waals surface area contributed by atoms with E-state index in [0.29, 0.717) is 25.2 Å². The van der Waals surface area contributed by atoms with Crippen LogP contribution in [0.4, 0.5) is 0 Å². The predicted octanol–water partition coefficient (Wildman–Crippen LogP) is 3.07. The average Bonchev–Trinajstić information content (AvgIpc) is 3.12. The second-order valence-electron chi connectivity index (χ2n) is 20.6. The van der Waals surface area contributed by atoms with E-state index in [1.165, 1.54) is 5.57 Å². The Kier molecular flexibility index (Phi) is 10.7. The second-order valence-corrected chi connectivity index (χ2v) is 20.6. The van der Waals surface area contributed by atoms with Gasteiger partial charge in [0.2, 0.25) is 0 Å². The summed E-state index contributed by atoms with van der Waals surface area (Å²) in [6.07, 6.45) is -8.79. The largest absolute Gasteiger partial charge is 0.481 e. The summed E-state index contributed by atoms with van der Waals surface area (Å²) < 4.78 is 23.5. The third kappa shape index (κ3) is 6.35. The lowest BCUT2D eigenvalue weighted by molar-refractivity contribution is -0.371. The highest BCUT2D eigenvalue weighted by molar-refractivity contribution is 5.75. The highest BCUT2D eigenvalue weighted by Crippen LogP contribution is 2.76. The zero-order valence-electron chi connectivity index (χ0n) is 34.2. The smallest absolute Gasteiger partial charge is 0.335 e. The standard InChI is InChI=1S/C42H64O15/c1-37(2)21-10-13-42(7)22(9-8-19-20-18-39(4,36(52)53)15-14-38(20,3)16-17-41(19,42)6)40(21,5)12-11-23(37)54-35-31(27(46)26(45)30(56-35)33(50)51)57-34-28(47)24(43)25(44)29(55-34)32(48)49/h8,20-31,34-35,43-47H,9-18H2,1-7H3,(H,48,49)(H,50,51)(H,52,53)/t20-,21+,22+,23-,24-,25-,26-,27-,28+,29-,30-,31+,34-,35-,38+,39-,40-,41+,42+/m0/s1. The van der Waals surface area contributed by atoms with E-state index in [4.69, 9.17) is 18.9 Å². The predicted molar refractivity (Wildman–Crippen MR) is 199 cm³/mol. The maximum absolute atomic E-state index is 12.5. The van der Waals surface area contributed by atoms with Gasteiger partial charge >= 0.3 is 17.9 Å². The molecule has 0 aromatic carbocycles. The first-order chi connectivity index (χ1) is 26.4. The number of carboxylic acid groups (broad SMARTS) is 3. The highest BCUT2D eigenvalue weighted by Gasteiger charge is 2.69. The summed E-state index contributed by atoms with van der Waals surface area (Å²) in [6, 6.07) is 0. The molecule has 322 valence electrons. The molecule has 15 nitrogen and oxygen atoms in total. The summed E-state index contributed by atoms with van der Waals surface area (Å²) in [4.78, 5) is 36.5. The van der Waals surface area contributed by atoms with Gasteiger partial charge in [-0.25, -0.2) is 9.59 Å². The fraction of sp³-hybridized carbons (Fsp3) is 0.881. The van der Waals surface area contributed by atoms with Crippen molar-refractivity contribution in [2.24, 2.45) is 50.2 Å². The van der Waals surface area contributed by atoms with E-state index in [9.17, 15) is 55.2 Å². The molecule has 2 heterocycles. The Labute approximate surface area is 333 Å². The van der Waals surface area contributed by atoms with Crippen LogP contribution in [0.5, 0.6) is 0 Å². The van der Waals surface area contributed by atoms with E-state index in [1.807, 2.05) is 6.92 Å². The molecule has 6 fully saturated rings. The van der Waals surface area contributed by atoms with E-state index in [0.717, 1.165) is 44.9 Å². The Morgan fingerprint density at radius 3 is 1.88 bits per heavy atom. The molecule has 57 heavy (non-hydrogen) atoms. The molecule has 19 atom stereocenters. The number of ether oxygens (including phenoxy) is 4. The van der Waals surface area contributed by atoms with Gasteiger partial charge in [0, 0.05) is 0 Å². The fourth-order valence-electron chi connectivity index (χ4n) is 13.5. The van der Waals surface area contributed by atoms with Crippen molar-refractivity contribution in [1.29, 1.82) is 0 Å². The molecule has 0 amide bonds. The van der Waals surface area contributed by atoms with Crippen LogP contribution in [0.25, 0.3) is 0 Å². The Hall–Kier alpha value is -2.21. The molecule has 7 aliphatic rings. The normalized spacial score (nSPS) is 53.2. The number of rotatable bonds is 7. The van der Waals surface area contributed by atoms with Crippen molar-refractivity contribution in [3.8, 4) is 0 Å². The lowest BCUT2D eigenvalue weighted by Gasteiger charge is -2.71. The summed E-state index contributed by atoms with van der Waals surface area (Å²) in [6.45, 7) is 15.8. The molecule has 2 aliphatic heterocycles.